The van der Waals surface area contributed by atoms with E-state index in [1.54, 1.807) is 20.8 Å². The van der Waals surface area contributed by atoms with Crippen LogP contribution in [0.5, 0.6) is 0 Å². The molecule has 3 heterocycles. The highest BCUT2D eigenvalue weighted by Gasteiger charge is 2.45. The van der Waals surface area contributed by atoms with Gasteiger partial charge in [-0.25, -0.2) is 0 Å². The molecule has 59 heteroatoms. The number of aliphatic hydroxyl groups excluding tert-OH is 9. The summed E-state index contributed by atoms with van der Waals surface area (Å²) >= 11 is 35.8. The molecule has 3 fully saturated rings. The lowest BCUT2D eigenvalue weighted by Crippen LogP contribution is -2.55. The summed E-state index contributed by atoms with van der Waals surface area (Å²) in [6.45, 7) is -22.8. The highest BCUT2D eigenvalue weighted by molar-refractivity contribution is 8.09. The molecule has 0 saturated carbocycles. The number of aliphatic hydroxyl groups is 9. The van der Waals surface area contributed by atoms with Gasteiger partial charge in [0, 0.05) is 44.7 Å². The minimum Gasteiger partial charge on any atom is -0.394 e. The van der Waals surface area contributed by atoms with Gasteiger partial charge in [0.15, 0.2) is 18.9 Å². The molecular weight excluding hydrogens is 1920 g/mol. The molecule has 122 heavy (non-hydrogen) atoms. The average molecular weight is 2050 g/mol. The van der Waals surface area contributed by atoms with Crippen LogP contribution in [-0.4, -0.2) is 406 Å². The predicted octanol–water partition coefficient (Wildman–Crippen LogP) is 0.118. The van der Waals surface area contributed by atoms with E-state index >= 15 is 0 Å². The molecular formula is C63H129O45P7S7. The molecule has 0 amide bonds. The maximum atomic E-state index is 10.7. The number of rotatable bonds is 79. The Morgan fingerprint density at radius 3 is 0.648 bits per heavy atom. The Bertz CT molecular complexity index is 2780. The molecule has 3 aliphatic rings. The lowest BCUT2D eigenvalue weighted by molar-refractivity contribution is -0.282. The van der Waals surface area contributed by atoms with Gasteiger partial charge in [-0.05, 0) is 121 Å². The predicted molar refractivity (Wildman–Crippen MR) is 456 cm³/mol. The van der Waals surface area contributed by atoms with Crippen molar-refractivity contribution in [1.82, 2.24) is 0 Å². The molecule has 0 aromatic rings. The molecule has 3 aliphatic heterocycles. The fourth-order valence-corrected chi connectivity index (χ4v) is 18.2. The quantitative estimate of drug-likeness (QED) is 0.0284. The van der Waals surface area contributed by atoms with Crippen molar-refractivity contribution in [1.29, 1.82) is 0 Å². The van der Waals surface area contributed by atoms with Crippen LogP contribution >= 0.6 is 47.0 Å². The lowest BCUT2D eigenvalue weighted by Gasteiger charge is -2.40. The van der Waals surface area contributed by atoms with Crippen LogP contribution in [0.2, 0.25) is 0 Å². The molecule has 0 bridgehead atoms. The third-order valence-electron chi connectivity index (χ3n) is 17.1. The summed E-state index contributed by atoms with van der Waals surface area (Å²) in [5.74, 6) is -1.70. The van der Waals surface area contributed by atoms with E-state index < -0.39 is 164 Å². The fraction of sp³-hybridized carbons (Fsp3) is 1.00. The summed E-state index contributed by atoms with van der Waals surface area (Å²) in [4.78, 5) is 73.9. The van der Waals surface area contributed by atoms with Crippen molar-refractivity contribution in [3.05, 3.63) is 0 Å². The zero-order valence-corrected chi connectivity index (χ0v) is 80.5. The van der Waals surface area contributed by atoms with Gasteiger partial charge in [-0.2, -0.15) is 0 Å². The molecule has 22 atom stereocenters. The maximum absolute atomic E-state index is 10.7. The highest BCUT2D eigenvalue weighted by atomic mass is 32.5. The summed E-state index contributed by atoms with van der Waals surface area (Å²) in [6, 6.07) is 0. The lowest BCUT2D eigenvalue weighted by atomic mass is 9.92. The van der Waals surface area contributed by atoms with Gasteiger partial charge in [0.1, 0.15) is 36.6 Å². The van der Waals surface area contributed by atoms with E-state index in [0.717, 1.165) is 0 Å². The highest BCUT2D eigenvalue weighted by Crippen LogP contribution is 2.49. The standard InChI is InChI=1S/C63H129O45P7S7/c1-48-54(67)57(70)51(41-64)106-60(48)90-14-8-20-96-113(77,120)102-38-32-84-26-23-81-29-35-99-110(74,117)93-17-5-11-87-44-63(47-105-109(73,116)80-4,45-88-12-6-18-94-111(75,118)100-36-30-82-24-27-85-33-39-103-114(78,121)97-21-9-15-91-61-49(2)55(68)58(71)52(42-65)107-61)46-89-13-7-19-95-112(76,119)101-37-31-83-25-28-86-34-40-104-115(79,122)98-22-10-16-92-62-50(3)56(69)59(72)53(43-66)108-62/h48-62,64-72H,5-47H2,1-4H3,(H,73,116)(H,74,117)(H,75,118)(H,76,119)(H,77,120)(H,78,121)(H,79,122)/t48-,49?,50?,51+,52+,53+,54+,55+,56+,57-,58-,59-,60+,61+,62+,63?,109?,110?,111?,112?,113?,114?,115?/m0/s1. The largest absolute Gasteiger partial charge is 0.394 e. The molecule has 0 radical (unpaired) electrons. The van der Waals surface area contributed by atoms with E-state index in [9.17, 15) is 80.2 Å². The van der Waals surface area contributed by atoms with Crippen molar-refractivity contribution in [3.63, 3.8) is 0 Å². The summed E-state index contributed by atoms with van der Waals surface area (Å²) in [6.07, 6.45) is -11.4. The Kier molecular flexibility index (Phi) is 64.6. The number of hydrogen-bond acceptors (Lipinski definition) is 45. The first-order valence-corrected chi connectivity index (χ1v) is 57.1. The molecule has 9 unspecified atom stereocenters. The van der Waals surface area contributed by atoms with E-state index in [1.807, 2.05) is 0 Å². The zero-order chi connectivity index (χ0) is 90.6. The molecule has 728 valence electrons. The van der Waals surface area contributed by atoms with Gasteiger partial charge in [0.05, 0.1) is 248 Å². The minimum atomic E-state index is -3.79. The Labute approximate surface area is 747 Å². The first kappa shape index (κ1) is 119. The molecule has 0 spiro atoms. The Balaban J connectivity index is 1.39. The zero-order valence-electron chi connectivity index (χ0n) is 68.5. The Morgan fingerprint density at radius 1 is 0.246 bits per heavy atom. The van der Waals surface area contributed by atoms with Gasteiger partial charge in [-0.1, -0.05) is 20.8 Å². The van der Waals surface area contributed by atoms with Crippen LogP contribution in [0, 0.1) is 23.2 Å². The molecule has 0 aromatic carbocycles. The van der Waals surface area contributed by atoms with Crippen molar-refractivity contribution in [3.8, 4) is 0 Å². The third kappa shape index (κ3) is 53.9. The summed E-state index contributed by atoms with van der Waals surface area (Å²) in [7, 11) is 1.18. The fourth-order valence-electron chi connectivity index (χ4n) is 10.4. The van der Waals surface area contributed by atoms with Crippen LogP contribution in [0.3, 0.4) is 0 Å². The Hall–Kier alpha value is 2.75. The van der Waals surface area contributed by atoms with Gasteiger partial charge in [-0.3, -0.25) is 0 Å². The first-order valence-electron chi connectivity index (χ1n) is 38.9. The molecule has 3 rings (SSSR count). The van der Waals surface area contributed by atoms with Gasteiger partial charge < -0.3 is 215 Å². The number of hydrogen-bond donors (Lipinski definition) is 16. The SMILES string of the molecule is COP(O)(=S)OCC(COCCCOP(O)(=S)OCCOCCOCCOP(O)(=S)OCCCO[C@@H]1O[C@H](CO)[C@H](O)[C@H](O)C1C)(COCCCOP(O)(=S)OCCOCCOCCOP(O)(=S)OCCCO[C@@H]1O[C@H](CO)[C@H](O)[C@H](O)C1C)COCCCOP(O)(=S)OCCOCCOCCOP(O)(=S)OCCCO[C@@H]1O[C@H](CO)[C@H](O)[C@H](O)[C@@H]1C. The van der Waals surface area contributed by atoms with E-state index in [1.165, 1.54) is 7.11 Å². The monoisotopic (exact) mass is 2050 g/mol. The third-order valence-corrected chi connectivity index (χ3v) is 28.7. The first-order chi connectivity index (χ1) is 57.8. The van der Waals surface area contributed by atoms with Crippen LogP contribution in [0.1, 0.15) is 59.3 Å². The maximum Gasteiger partial charge on any atom is 0.324 e. The molecule has 16 N–H and O–H groups in total. The van der Waals surface area contributed by atoms with E-state index in [0.29, 0.717) is 0 Å². The van der Waals surface area contributed by atoms with Crippen molar-refractivity contribution in [2.45, 2.75) is 133 Å². The smallest absolute Gasteiger partial charge is 0.324 e. The normalized spacial score (nSPS) is 27.6. The molecule has 0 aliphatic carbocycles. The molecule has 45 nitrogen and oxygen atoms in total. The van der Waals surface area contributed by atoms with Crippen LogP contribution in [0.4, 0.5) is 0 Å². The van der Waals surface area contributed by atoms with Crippen LogP contribution in [-0.2, 0) is 217 Å². The van der Waals surface area contributed by atoms with Crippen LogP contribution in [0.25, 0.3) is 0 Å². The number of ether oxygens (including phenoxy) is 15. The van der Waals surface area contributed by atoms with Gasteiger partial charge in [0.2, 0.25) is 0 Å². The average Bonchev–Trinajstić information content (AvgIpc) is 0.827. The van der Waals surface area contributed by atoms with Gasteiger partial charge >= 0.3 is 47.0 Å². The topological polar surface area (TPSA) is 591 Å². The minimum absolute atomic E-state index is 0.0126. The van der Waals surface area contributed by atoms with Crippen molar-refractivity contribution in [2.75, 3.05) is 252 Å². The van der Waals surface area contributed by atoms with Crippen LogP contribution < -0.4 is 0 Å². The molecule has 0 aromatic heterocycles. The second-order valence-corrected chi connectivity index (χ2v) is 47.0. The van der Waals surface area contributed by atoms with E-state index in [-0.39, 0.29) is 263 Å². The van der Waals surface area contributed by atoms with Gasteiger partial charge in [0.25, 0.3) is 0 Å². The second kappa shape index (κ2) is 66.3. The summed E-state index contributed by atoms with van der Waals surface area (Å²) < 4.78 is 160. The van der Waals surface area contributed by atoms with Crippen LogP contribution in [0.15, 0.2) is 0 Å². The van der Waals surface area contributed by atoms with Crippen molar-refractivity contribution < 1.29 is 215 Å². The Morgan fingerprint density at radius 2 is 0.443 bits per heavy atom. The van der Waals surface area contributed by atoms with Gasteiger partial charge in [-0.15, -0.1) is 0 Å². The van der Waals surface area contributed by atoms with Crippen molar-refractivity contribution >= 4 is 130 Å². The van der Waals surface area contributed by atoms with Crippen molar-refractivity contribution in [2.24, 2.45) is 23.2 Å². The molecule has 3 saturated heterocycles. The summed E-state index contributed by atoms with van der Waals surface area (Å²) in [5.41, 5.74) is -1.21. The van der Waals surface area contributed by atoms with E-state index in [2.05, 4.69) is 0 Å². The second-order valence-electron chi connectivity index (χ2n) is 27.0. The summed E-state index contributed by atoms with van der Waals surface area (Å²) in [5, 5.41) is 88.9. The van der Waals surface area contributed by atoms with E-state index in [4.69, 9.17) is 217 Å².